The van der Waals surface area contributed by atoms with Gasteiger partial charge in [-0.1, -0.05) is 13.8 Å². The number of amides is 2. The number of hydrogen-bond donors (Lipinski definition) is 2. The van der Waals surface area contributed by atoms with Crippen molar-refractivity contribution >= 4 is 17.8 Å². The molecule has 2 rings (SSSR count). The molecular formula is C14H23N3O4. The molecule has 0 aromatic rings. The van der Waals surface area contributed by atoms with Crippen molar-refractivity contribution in [2.45, 2.75) is 31.8 Å². The monoisotopic (exact) mass is 297 g/mol. The highest BCUT2D eigenvalue weighted by molar-refractivity contribution is 6.09. The number of methoxy groups -OCH3 is 1. The van der Waals surface area contributed by atoms with E-state index in [-0.39, 0.29) is 17.9 Å². The molecule has 2 aliphatic rings. The summed E-state index contributed by atoms with van der Waals surface area (Å²) in [4.78, 5) is 38.3. The number of rotatable bonds is 5. The fraction of sp³-hybridized carbons (Fsp3) is 0.786. The standard InChI is InChI=1S/C14H23N3O4/c1-5-14(13(20)21-4)10-9(8(16-14)7-15-6-2)11(18)17(3)12(10)19/h8-10,15-16H,5-7H2,1-4H3/t8-,9+,10-,14-/m1/s1. The number of likely N-dealkylation sites (tertiary alicyclic amines) is 1. The van der Waals surface area contributed by atoms with Gasteiger partial charge in [-0.3, -0.25) is 24.6 Å². The van der Waals surface area contributed by atoms with Crippen LogP contribution in [0.5, 0.6) is 0 Å². The van der Waals surface area contributed by atoms with E-state index in [1.807, 2.05) is 13.8 Å². The van der Waals surface area contributed by atoms with Gasteiger partial charge in [0.25, 0.3) is 0 Å². The maximum atomic E-state index is 12.4. The SMILES string of the molecule is CCNC[C@H]1N[C@@](CC)(C(=O)OC)[C@H]2C(=O)N(C)C(=O)[C@@H]12. The Morgan fingerprint density at radius 1 is 1.38 bits per heavy atom. The van der Waals surface area contributed by atoms with Crippen molar-refractivity contribution in [1.29, 1.82) is 0 Å². The Bertz CT molecular complexity index is 467. The maximum Gasteiger partial charge on any atom is 0.326 e. The normalized spacial score (nSPS) is 35.2. The third-order valence-electron chi connectivity index (χ3n) is 4.70. The first-order valence-corrected chi connectivity index (χ1v) is 7.32. The molecule has 0 radical (unpaired) electrons. The zero-order valence-corrected chi connectivity index (χ0v) is 12.9. The number of likely N-dealkylation sites (N-methyl/N-ethyl adjacent to an activating group) is 1. The molecule has 0 aromatic carbocycles. The molecule has 21 heavy (non-hydrogen) atoms. The largest absolute Gasteiger partial charge is 0.468 e. The maximum absolute atomic E-state index is 12.4. The topological polar surface area (TPSA) is 87.7 Å². The van der Waals surface area contributed by atoms with Crippen LogP contribution in [0.1, 0.15) is 20.3 Å². The summed E-state index contributed by atoms with van der Waals surface area (Å²) in [7, 11) is 2.78. The number of hydrogen-bond acceptors (Lipinski definition) is 6. The van der Waals surface area contributed by atoms with Crippen LogP contribution in [0.2, 0.25) is 0 Å². The number of carbonyl (C=O) groups is 3. The predicted octanol–water partition coefficient (Wildman–Crippen LogP) is -0.879. The Balaban J connectivity index is 2.42. The molecule has 2 amide bonds. The third kappa shape index (κ3) is 2.15. The Labute approximate surface area is 124 Å². The lowest BCUT2D eigenvalue weighted by Gasteiger charge is -2.30. The minimum absolute atomic E-state index is 0.223. The molecule has 2 N–H and O–H groups in total. The van der Waals surface area contributed by atoms with Crippen molar-refractivity contribution in [3.05, 3.63) is 0 Å². The molecule has 0 saturated carbocycles. The van der Waals surface area contributed by atoms with E-state index in [0.717, 1.165) is 11.4 Å². The molecule has 7 heteroatoms. The number of esters is 1. The highest BCUT2D eigenvalue weighted by atomic mass is 16.5. The second-order valence-corrected chi connectivity index (χ2v) is 5.61. The van der Waals surface area contributed by atoms with Gasteiger partial charge in [-0.05, 0) is 13.0 Å². The molecule has 0 aromatic heterocycles. The Hall–Kier alpha value is -1.47. The van der Waals surface area contributed by atoms with Gasteiger partial charge in [0.2, 0.25) is 11.8 Å². The average Bonchev–Trinajstić information content (AvgIpc) is 2.95. The van der Waals surface area contributed by atoms with Gasteiger partial charge in [0.05, 0.1) is 18.9 Å². The van der Waals surface area contributed by atoms with Crippen molar-refractivity contribution in [2.75, 3.05) is 27.2 Å². The van der Waals surface area contributed by atoms with E-state index in [1.165, 1.54) is 14.2 Å². The summed E-state index contributed by atoms with van der Waals surface area (Å²) in [5.74, 6) is -2.20. The average molecular weight is 297 g/mol. The summed E-state index contributed by atoms with van der Waals surface area (Å²) in [5.41, 5.74) is -1.11. The Morgan fingerprint density at radius 3 is 2.57 bits per heavy atom. The first-order chi connectivity index (χ1) is 9.94. The Morgan fingerprint density at radius 2 is 2.05 bits per heavy atom. The van der Waals surface area contributed by atoms with Crippen LogP contribution in [-0.2, 0) is 19.1 Å². The summed E-state index contributed by atoms with van der Waals surface area (Å²) in [6.07, 6.45) is 0.399. The van der Waals surface area contributed by atoms with Crippen molar-refractivity contribution in [1.82, 2.24) is 15.5 Å². The summed E-state index contributed by atoms with van der Waals surface area (Å²) >= 11 is 0. The lowest BCUT2D eigenvalue weighted by atomic mass is 9.78. The molecule has 2 saturated heterocycles. The molecule has 4 atom stereocenters. The van der Waals surface area contributed by atoms with Crippen LogP contribution in [0.25, 0.3) is 0 Å². The van der Waals surface area contributed by atoms with E-state index < -0.39 is 23.3 Å². The number of ether oxygens (including phenoxy) is 1. The summed E-state index contributed by atoms with van der Waals surface area (Å²) in [6, 6.07) is -0.254. The molecule has 118 valence electrons. The highest BCUT2D eigenvalue weighted by Crippen LogP contribution is 2.44. The zero-order chi connectivity index (χ0) is 15.8. The van der Waals surface area contributed by atoms with Gasteiger partial charge in [-0.15, -0.1) is 0 Å². The lowest BCUT2D eigenvalue weighted by Crippen LogP contribution is -2.57. The van der Waals surface area contributed by atoms with Crippen LogP contribution in [0.3, 0.4) is 0 Å². The molecule has 2 heterocycles. The number of nitrogens with one attached hydrogen (secondary N) is 2. The predicted molar refractivity (Wildman–Crippen MR) is 75.3 cm³/mol. The van der Waals surface area contributed by atoms with E-state index in [1.54, 1.807) is 0 Å². The minimum atomic E-state index is -1.11. The molecule has 7 nitrogen and oxygen atoms in total. The molecule has 2 fully saturated rings. The summed E-state index contributed by atoms with van der Waals surface area (Å²) in [6.45, 7) is 5.08. The van der Waals surface area contributed by atoms with Gasteiger partial charge in [0.1, 0.15) is 5.54 Å². The van der Waals surface area contributed by atoms with Crippen LogP contribution >= 0.6 is 0 Å². The van der Waals surface area contributed by atoms with Crippen molar-refractivity contribution < 1.29 is 19.1 Å². The lowest BCUT2D eigenvalue weighted by molar-refractivity contribution is -0.154. The second-order valence-electron chi connectivity index (χ2n) is 5.61. The highest BCUT2D eigenvalue weighted by Gasteiger charge is 2.67. The van der Waals surface area contributed by atoms with E-state index in [4.69, 9.17) is 4.74 Å². The van der Waals surface area contributed by atoms with E-state index in [0.29, 0.717) is 13.0 Å². The molecule has 0 unspecified atom stereocenters. The van der Waals surface area contributed by atoms with Crippen molar-refractivity contribution in [2.24, 2.45) is 11.8 Å². The number of carbonyl (C=O) groups excluding carboxylic acids is 3. The van der Waals surface area contributed by atoms with Gasteiger partial charge < -0.3 is 10.1 Å². The minimum Gasteiger partial charge on any atom is -0.468 e. The molecular weight excluding hydrogens is 274 g/mol. The number of imide groups is 1. The first-order valence-electron chi connectivity index (χ1n) is 7.32. The zero-order valence-electron chi connectivity index (χ0n) is 12.9. The third-order valence-corrected chi connectivity index (χ3v) is 4.70. The van der Waals surface area contributed by atoms with Gasteiger partial charge in [-0.2, -0.15) is 0 Å². The summed E-state index contributed by atoms with van der Waals surface area (Å²) < 4.78 is 4.90. The quantitative estimate of drug-likeness (QED) is 0.506. The number of fused-ring (bicyclic) bond motifs is 1. The molecule has 2 aliphatic heterocycles. The van der Waals surface area contributed by atoms with E-state index in [9.17, 15) is 14.4 Å². The fourth-order valence-electron chi connectivity index (χ4n) is 3.58. The smallest absolute Gasteiger partial charge is 0.326 e. The van der Waals surface area contributed by atoms with Gasteiger partial charge in [0.15, 0.2) is 0 Å². The number of nitrogens with zero attached hydrogens (tertiary/aromatic N) is 1. The molecule has 0 bridgehead atoms. The van der Waals surface area contributed by atoms with E-state index >= 15 is 0 Å². The van der Waals surface area contributed by atoms with Crippen LogP contribution in [0, 0.1) is 11.8 Å². The van der Waals surface area contributed by atoms with Crippen LogP contribution in [-0.4, -0.2) is 61.5 Å². The van der Waals surface area contributed by atoms with Gasteiger partial charge in [0, 0.05) is 19.6 Å². The van der Waals surface area contributed by atoms with Crippen LogP contribution in [0.15, 0.2) is 0 Å². The second kappa shape index (κ2) is 5.73. The molecule has 0 aliphatic carbocycles. The van der Waals surface area contributed by atoms with Gasteiger partial charge >= 0.3 is 5.97 Å². The van der Waals surface area contributed by atoms with Crippen LogP contribution < -0.4 is 10.6 Å². The van der Waals surface area contributed by atoms with Crippen molar-refractivity contribution in [3.8, 4) is 0 Å². The van der Waals surface area contributed by atoms with E-state index in [2.05, 4.69) is 10.6 Å². The first kappa shape index (κ1) is 15.9. The van der Waals surface area contributed by atoms with Crippen molar-refractivity contribution in [3.63, 3.8) is 0 Å². The van der Waals surface area contributed by atoms with Gasteiger partial charge in [-0.25, -0.2) is 0 Å². The fourth-order valence-corrected chi connectivity index (χ4v) is 3.58. The molecule has 0 spiro atoms. The van der Waals surface area contributed by atoms with Crippen LogP contribution in [0.4, 0.5) is 0 Å². The summed E-state index contributed by atoms with van der Waals surface area (Å²) in [5, 5.41) is 6.39. The Kier molecular flexibility index (Phi) is 4.34.